The molecule has 0 aromatic rings. The van der Waals surface area contributed by atoms with Gasteiger partial charge in [-0.2, -0.15) is 0 Å². The third kappa shape index (κ3) is 16.6. The minimum absolute atomic E-state index is 0.114. The Morgan fingerprint density at radius 2 is 1.31 bits per heavy atom. The number of ketones is 1. The molecule has 40 nitrogen and oxygen atoms in total. The van der Waals surface area contributed by atoms with Crippen molar-refractivity contribution in [2.75, 3.05) is 26.4 Å². The number of phosphoric ester groups is 1. The van der Waals surface area contributed by atoms with Crippen LogP contribution in [0.2, 0.25) is 0 Å². The largest absolute Gasteiger partial charge is 0.510 e. The van der Waals surface area contributed by atoms with Gasteiger partial charge in [-0.05, 0) is 13.8 Å². The van der Waals surface area contributed by atoms with E-state index in [1.54, 1.807) is 0 Å². The Kier molecular flexibility index (Phi) is 24.1. The third-order valence-corrected chi connectivity index (χ3v) is 15.2. The molecule has 0 saturated carbocycles. The first-order chi connectivity index (χ1) is 40.6. The summed E-state index contributed by atoms with van der Waals surface area (Å²) in [6, 6.07) is -4.04. The number of phosphoric acid groups is 1. The molecule has 6 aliphatic rings. The summed E-state index contributed by atoms with van der Waals surface area (Å²) in [5.74, 6) is -8.41. The molecule has 4 amide bonds. The lowest BCUT2D eigenvalue weighted by molar-refractivity contribution is -0.375. The summed E-state index contributed by atoms with van der Waals surface area (Å²) in [6.45, 7) is -0.666. The van der Waals surface area contributed by atoms with E-state index in [4.69, 9.17) is 66.9 Å². The van der Waals surface area contributed by atoms with Gasteiger partial charge in [-0.1, -0.05) is 0 Å². The molecule has 3 unspecified atom stereocenters. The van der Waals surface area contributed by atoms with Crippen LogP contribution in [-0.2, 0) is 99.3 Å². The highest BCUT2D eigenvalue weighted by Crippen LogP contribution is 2.49. The zero-order valence-corrected chi connectivity index (χ0v) is 46.9. The Morgan fingerprint density at radius 1 is 0.747 bits per heavy atom. The van der Waals surface area contributed by atoms with Crippen LogP contribution < -0.4 is 21.7 Å². The van der Waals surface area contributed by atoms with Crippen molar-refractivity contribution >= 4 is 55.6 Å². The molecule has 0 bridgehead atoms. The number of primary amides is 1. The summed E-state index contributed by atoms with van der Waals surface area (Å²) in [6.07, 6.45) is -52.0. The molecule has 6 rings (SSSR count). The number of nitrogens with two attached hydrogens (primary N) is 1. The summed E-state index contributed by atoms with van der Waals surface area (Å²) in [5, 5.41) is 147. The van der Waals surface area contributed by atoms with Crippen molar-refractivity contribution in [2.24, 2.45) is 5.73 Å². The summed E-state index contributed by atoms with van der Waals surface area (Å²) in [7, 11) is -5.87. The van der Waals surface area contributed by atoms with Gasteiger partial charge in [0.25, 0.3) is 5.91 Å². The minimum atomic E-state index is -5.87. The highest BCUT2D eigenvalue weighted by atomic mass is 31.2. The van der Waals surface area contributed by atoms with Crippen molar-refractivity contribution in [3.05, 3.63) is 11.5 Å². The van der Waals surface area contributed by atoms with Gasteiger partial charge in [0.15, 0.2) is 67.8 Å². The van der Waals surface area contributed by atoms with Gasteiger partial charge in [0.05, 0.1) is 25.9 Å². The highest BCUT2D eigenvalue weighted by molar-refractivity contribution is 7.47. The zero-order chi connectivity index (χ0) is 64.9. The molecular formula is C46H69N4O36P. The molecule has 5 saturated heterocycles. The fourth-order valence-corrected chi connectivity index (χ4v) is 10.8. The van der Waals surface area contributed by atoms with Gasteiger partial charge in [0.2, 0.25) is 11.8 Å². The van der Waals surface area contributed by atoms with Crippen molar-refractivity contribution in [2.45, 2.75) is 200 Å². The number of allylic oxidation sites excluding steroid dienone is 2. The minimum Gasteiger partial charge on any atom is -0.510 e. The standard InChI is InChI=1S/C46H69N4O36P/c1-12-31(80-43-30(64)27(61)28(62)33(82-43)37(65)50-20-15(55)5-6-16(20)56)24(58)21(48-13(2)53)40(77-12)81-32-18(10-75-42-29(63)26(60)23(57)17(9-52)78-42)79-41(22(25(32)59)49-14(3)54)83-34-35(85-45(47)70)46(4,71)36(39(68)69)84-44(34)86-87(72,73)76-11-19(38(66)67)74-8-7-51/h7,12,17-19,21-36,40-44,52,55,57-64,71H,5-6,8-11H2,1-4H3,(H2,47,70)(H,48,53)(H,49,54)(H,50,65)(H,66,67)(H,68,69)(H,72,73)/t12-,17-,18-,19+,21-,22?,23-,24-,25-,26+,27+,28-,29-,30-,31-,32-,33+,34?,35-,36-,40+,41+,42-,43-,44-,46+/m1/s1. The maximum atomic E-state index is 13.5. The average molecular weight is 1290 g/mol. The van der Waals surface area contributed by atoms with E-state index in [9.17, 15) is 114 Å². The van der Waals surface area contributed by atoms with Gasteiger partial charge >= 0.3 is 25.9 Å². The monoisotopic (exact) mass is 1280 g/mol. The van der Waals surface area contributed by atoms with Gasteiger partial charge in [0, 0.05) is 26.7 Å². The molecule has 494 valence electrons. The first-order valence-corrected chi connectivity index (χ1v) is 27.7. The lowest BCUT2D eigenvalue weighted by atomic mass is 9.85. The van der Waals surface area contributed by atoms with Crippen molar-refractivity contribution in [3.8, 4) is 0 Å². The molecule has 27 atom stereocenters. The first-order valence-electron chi connectivity index (χ1n) is 26.2. The van der Waals surface area contributed by atoms with Gasteiger partial charge in [-0.15, -0.1) is 0 Å². The van der Waals surface area contributed by atoms with E-state index >= 15 is 0 Å². The van der Waals surface area contributed by atoms with Crippen molar-refractivity contribution in [1.82, 2.24) is 16.0 Å². The van der Waals surface area contributed by atoms with Crippen LogP contribution in [0.3, 0.4) is 0 Å². The van der Waals surface area contributed by atoms with Crippen LogP contribution in [0.1, 0.15) is 40.5 Å². The number of rotatable bonds is 25. The van der Waals surface area contributed by atoms with E-state index in [1.165, 1.54) is 6.92 Å². The SMILES string of the molecule is CC(=O)NC1[C@H](OC2[C@@H](OP(=O)(O)OC[C@H](OCC=O)C(=O)O)O[C@H](C(=O)O)[C@@](C)(O)[C@@H]2OC(N)=O)O[C@H](CO[C@@H]2O[C@H](CO)[C@@H](O)[C@H](O)[C@H]2O)[C@@H](O[C@@H]2O[C@H](C)[C@@H](O[C@@H]3O[C@H](C(=O)NC4=C(O)CCC4=O)[C@H](O)[C@H](O)[C@H]3O)[C@H](O)[C@H]2NC(C)=O)[C@@H]1O. The van der Waals surface area contributed by atoms with Crippen LogP contribution in [-0.4, -0.2) is 305 Å². The fraction of sp³-hybridized carbons (Fsp3) is 0.783. The quantitative estimate of drug-likeness (QED) is 0.0298. The highest BCUT2D eigenvalue weighted by Gasteiger charge is 2.63. The second-order valence-corrected chi connectivity index (χ2v) is 22.1. The second-order valence-electron chi connectivity index (χ2n) is 20.7. The van der Waals surface area contributed by atoms with Crippen LogP contribution in [0.15, 0.2) is 11.5 Å². The number of aliphatic carboxylic acids is 2. The Balaban J connectivity index is 1.36. The van der Waals surface area contributed by atoms with Crippen LogP contribution in [0, 0.1) is 0 Å². The molecule has 5 fully saturated rings. The molecule has 0 radical (unpaired) electrons. The number of carbonyl (C=O) groups excluding carboxylic acids is 6. The zero-order valence-electron chi connectivity index (χ0n) is 46.0. The molecule has 87 heavy (non-hydrogen) atoms. The summed E-state index contributed by atoms with van der Waals surface area (Å²) < 4.78 is 85.7. The summed E-state index contributed by atoms with van der Waals surface area (Å²) in [4.78, 5) is 110. The summed E-state index contributed by atoms with van der Waals surface area (Å²) in [5.41, 5.74) is 1.73. The lowest BCUT2D eigenvalue weighted by Crippen LogP contribution is -2.72. The molecule has 5 aliphatic heterocycles. The maximum Gasteiger partial charge on any atom is 0.474 e. The number of aliphatic hydroxyl groups excluding tert-OH is 10. The normalized spacial score (nSPS) is 40.9. The van der Waals surface area contributed by atoms with E-state index in [2.05, 4.69) is 16.0 Å². The van der Waals surface area contributed by atoms with E-state index in [-0.39, 0.29) is 19.1 Å². The number of aliphatic hydroxyl groups is 11. The number of aldehydes is 1. The average Bonchev–Trinajstić information content (AvgIpc) is 1.26. The maximum absolute atomic E-state index is 13.5. The van der Waals surface area contributed by atoms with E-state index in [1.807, 2.05) is 0 Å². The number of hydrogen-bond acceptors (Lipinski definition) is 33. The van der Waals surface area contributed by atoms with Gasteiger partial charge in [-0.25, -0.2) is 18.9 Å². The number of Topliss-reactive ketones (excluding diaryl/α,β-unsaturated/α-hetero) is 1. The van der Waals surface area contributed by atoms with Crippen LogP contribution >= 0.6 is 7.82 Å². The van der Waals surface area contributed by atoms with Crippen molar-refractivity contribution in [1.29, 1.82) is 0 Å². The molecule has 19 N–H and O–H groups in total. The third-order valence-electron chi connectivity index (χ3n) is 14.3. The summed E-state index contributed by atoms with van der Waals surface area (Å²) >= 11 is 0. The fourth-order valence-electron chi connectivity index (χ4n) is 9.94. The van der Waals surface area contributed by atoms with E-state index < -0.39 is 246 Å². The Bertz CT molecular complexity index is 2560. The van der Waals surface area contributed by atoms with Gasteiger partial charge < -0.3 is 150 Å². The molecule has 1 aliphatic carbocycles. The number of carbonyl (C=O) groups is 8. The number of carboxylic acid groups (broad SMARTS) is 2. The molecule has 5 heterocycles. The molecule has 41 heteroatoms. The van der Waals surface area contributed by atoms with E-state index in [0.29, 0.717) is 6.92 Å². The molecular weight excluding hydrogens is 1220 g/mol. The molecule has 0 aromatic carbocycles. The predicted molar refractivity (Wildman–Crippen MR) is 265 cm³/mol. The Labute approximate surface area is 489 Å². The Morgan fingerprint density at radius 3 is 1.86 bits per heavy atom. The first kappa shape index (κ1) is 70.9. The van der Waals surface area contributed by atoms with Gasteiger partial charge in [-0.3, -0.25) is 28.2 Å². The molecule has 0 aromatic heterocycles. The predicted octanol–water partition coefficient (Wildman–Crippen LogP) is -9.96. The lowest BCUT2D eigenvalue weighted by Gasteiger charge is -2.51. The van der Waals surface area contributed by atoms with Crippen molar-refractivity contribution < 1.29 is 175 Å². The number of hydrogen-bond donors (Lipinski definition) is 18. The smallest absolute Gasteiger partial charge is 0.474 e. The molecule has 0 spiro atoms. The number of nitrogens with one attached hydrogen (secondary N) is 3. The van der Waals surface area contributed by atoms with Crippen LogP contribution in [0.4, 0.5) is 4.79 Å². The number of amides is 4. The second kappa shape index (κ2) is 29.6. The number of ether oxygens (including phenoxy) is 11. The van der Waals surface area contributed by atoms with Gasteiger partial charge in [0.1, 0.15) is 115 Å². The Hall–Kier alpha value is -5.19. The van der Waals surface area contributed by atoms with Crippen LogP contribution in [0.5, 0.6) is 0 Å². The number of carboxylic acids is 2. The van der Waals surface area contributed by atoms with Crippen LogP contribution in [0.25, 0.3) is 0 Å². The van der Waals surface area contributed by atoms with E-state index in [0.717, 1.165) is 13.8 Å². The van der Waals surface area contributed by atoms with Crippen molar-refractivity contribution in [3.63, 3.8) is 0 Å². The topological polar surface area (TPSA) is 619 Å².